The Morgan fingerprint density at radius 3 is 2.61 bits per heavy atom. The van der Waals surface area contributed by atoms with Crippen molar-refractivity contribution in [3.8, 4) is 0 Å². The third-order valence-electron chi connectivity index (χ3n) is 5.29. The molecular weight excluding hydrogens is 415 g/mol. The van der Waals surface area contributed by atoms with E-state index in [2.05, 4.69) is 10.1 Å². The minimum absolute atomic E-state index is 0.225. The van der Waals surface area contributed by atoms with Gasteiger partial charge < -0.3 is 9.94 Å². The first-order valence-electron chi connectivity index (χ1n) is 10.3. The van der Waals surface area contributed by atoms with Gasteiger partial charge in [-0.05, 0) is 29.3 Å². The zero-order valence-electron chi connectivity index (χ0n) is 17.0. The summed E-state index contributed by atoms with van der Waals surface area (Å²) < 4.78 is 14.1. The van der Waals surface area contributed by atoms with Crippen LogP contribution >= 0.6 is 11.6 Å². The number of hydrogen-bond donors (Lipinski definition) is 1. The van der Waals surface area contributed by atoms with Gasteiger partial charge in [0.2, 0.25) is 0 Å². The van der Waals surface area contributed by atoms with Crippen molar-refractivity contribution in [2.75, 3.05) is 13.1 Å². The molecule has 1 aliphatic rings. The summed E-state index contributed by atoms with van der Waals surface area (Å²) in [4.78, 5) is 7.74. The Bertz CT molecular complexity index is 1040. The lowest BCUT2D eigenvalue weighted by Gasteiger charge is -2.27. The molecule has 0 saturated heterocycles. The van der Waals surface area contributed by atoms with E-state index in [4.69, 9.17) is 16.4 Å². The molecule has 0 saturated carbocycles. The van der Waals surface area contributed by atoms with Crippen molar-refractivity contribution in [2.45, 2.75) is 25.2 Å². The normalized spacial score (nSPS) is 16.8. The predicted molar refractivity (Wildman–Crippen MR) is 121 cm³/mol. The van der Waals surface area contributed by atoms with Crippen LogP contribution in [0.4, 0.5) is 4.39 Å². The van der Waals surface area contributed by atoms with Crippen molar-refractivity contribution in [1.29, 1.82) is 0 Å². The maximum absolute atomic E-state index is 14.1. The number of hydrogen-bond acceptors (Lipinski definition) is 4. The van der Waals surface area contributed by atoms with Crippen LogP contribution in [0.5, 0.6) is 0 Å². The van der Waals surface area contributed by atoms with Crippen LogP contribution < -0.4 is 0 Å². The van der Waals surface area contributed by atoms with Crippen molar-refractivity contribution in [2.24, 2.45) is 5.16 Å². The summed E-state index contributed by atoms with van der Waals surface area (Å²) in [6, 6.07) is 23.8. The summed E-state index contributed by atoms with van der Waals surface area (Å²) >= 11 is 6.16. The number of benzene rings is 3. The largest absolute Gasteiger partial charge is 0.390 e. The Labute approximate surface area is 186 Å². The predicted octanol–water partition coefficient (Wildman–Crippen LogP) is 5.21. The van der Waals surface area contributed by atoms with Gasteiger partial charge in [0.25, 0.3) is 0 Å². The van der Waals surface area contributed by atoms with Crippen molar-refractivity contribution >= 4 is 17.3 Å². The molecule has 0 aromatic heterocycles. The number of rotatable bonds is 8. The molecule has 0 radical (unpaired) electrons. The Morgan fingerprint density at radius 1 is 1.06 bits per heavy atom. The second-order valence-corrected chi connectivity index (χ2v) is 8.14. The molecule has 3 aromatic carbocycles. The van der Waals surface area contributed by atoms with Crippen LogP contribution in [0.25, 0.3) is 0 Å². The van der Waals surface area contributed by atoms with Crippen LogP contribution in [-0.4, -0.2) is 34.9 Å². The minimum atomic E-state index is -0.645. The van der Waals surface area contributed by atoms with Gasteiger partial charge in [0, 0.05) is 36.6 Å². The van der Waals surface area contributed by atoms with Gasteiger partial charge in [-0.1, -0.05) is 77.4 Å². The van der Waals surface area contributed by atoms with Crippen molar-refractivity contribution in [3.63, 3.8) is 0 Å². The lowest BCUT2D eigenvalue weighted by atomic mass is 10.0. The second-order valence-electron chi connectivity index (χ2n) is 7.70. The molecule has 0 unspecified atom stereocenters. The molecule has 3 aromatic rings. The average Bonchev–Trinajstić information content (AvgIpc) is 3.23. The maximum Gasteiger partial charge on any atom is 0.145 e. The molecule has 1 heterocycles. The lowest BCUT2D eigenvalue weighted by Crippen LogP contribution is -2.35. The molecule has 0 spiro atoms. The maximum atomic E-state index is 14.1. The van der Waals surface area contributed by atoms with E-state index in [-0.39, 0.29) is 11.9 Å². The van der Waals surface area contributed by atoms with Gasteiger partial charge >= 0.3 is 0 Å². The lowest BCUT2D eigenvalue weighted by molar-refractivity contribution is 0.0318. The van der Waals surface area contributed by atoms with Gasteiger partial charge in [0.15, 0.2) is 0 Å². The zero-order valence-corrected chi connectivity index (χ0v) is 17.8. The van der Waals surface area contributed by atoms with E-state index in [0.29, 0.717) is 42.4 Å². The van der Waals surface area contributed by atoms with Crippen LogP contribution in [0.2, 0.25) is 5.02 Å². The number of halogens is 2. The summed E-state index contributed by atoms with van der Waals surface area (Å²) in [6.07, 6.45) is -0.362. The van der Waals surface area contributed by atoms with E-state index >= 15 is 0 Å². The summed E-state index contributed by atoms with van der Waals surface area (Å²) in [5.41, 5.74) is 2.97. The highest BCUT2D eigenvalue weighted by Gasteiger charge is 2.27. The summed E-state index contributed by atoms with van der Waals surface area (Å²) in [5, 5.41) is 15.6. The zero-order chi connectivity index (χ0) is 21.6. The van der Waals surface area contributed by atoms with Gasteiger partial charge in [-0.25, -0.2) is 4.39 Å². The van der Waals surface area contributed by atoms with Crippen molar-refractivity contribution in [3.05, 3.63) is 106 Å². The Kier molecular flexibility index (Phi) is 6.97. The van der Waals surface area contributed by atoms with E-state index in [1.54, 1.807) is 18.2 Å². The third kappa shape index (κ3) is 5.70. The standard InChI is InChI=1S/C25H24ClFN2O2/c26-20-10-6-7-18(13-20)15-29(17-25(30)19-8-2-1-3-9-19)16-21-14-24(28-31-21)22-11-4-5-12-23(22)27/h1-13,21,25,30H,14-17H2/t21-,25-/m1/s1. The van der Waals surface area contributed by atoms with Crippen LogP contribution in [0.3, 0.4) is 0 Å². The van der Waals surface area contributed by atoms with Gasteiger partial charge in [-0.3, -0.25) is 4.90 Å². The van der Waals surface area contributed by atoms with E-state index in [0.717, 1.165) is 11.1 Å². The average molecular weight is 439 g/mol. The first kappa shape index (κ1) is 21.5. The van der Waals surface area contributed by atoms with Crippen molar-refractivity contribution < 1.29 is 14.3 Å². The molecule has 0 fully saturated rings. The van der Waals surface area contributed by atoms with E-state index in [1.807, 2.05) is 54.6 Å². The van der Waals surface area contributed by atoms with Gasteiger partial charge in [0.1, 0.15) is 11.9 Å². The number of aliphatic hydroxyl groups excluding tert-OH is 1. The molecule has 1 N–H and O–H groups in total. The van der Waals surface area contributed by atoms with Crippen LogP contribution in [0.1, 0.15) is 29.2 Å². The Balaban J connectivity index is 1.46. The second kappa shape index (κ2) is 10.1. The SMILES string of the molecule is O[C@H](CN(Cc1cccc(Cl)c1)C[C@H]1CC(c2ccccc2F)=NO1)c1ccccc1. The molecule has 6 heteroatoms. The highest BCUT2D eigenvalue weighted by molar-refractivity contribution is 6.30. The van der Waals surface area contributed by atoms with E-state index < -0.39 is 6.10 Å². The molecule has 4 rings (SSSR count). The first-order chi connectivity index (χ1) is 15.1. The van der Waals surface area contributed by atoms with Crippen LogP contribution in [0.15, 0.2) is 84.0 Å². The topological polar surface area (TPSA) is 45.1 Å². The monoisotopic (exact) mass is 438 g/mol. The Hall–Kier alpha value is -2.73. The van der Waals surface area contributed by atoms with E-state index in [9.17, 15) is 9.50 Å². The number of oxime groups is 1. The van der Waals surface area contributed by atoms with Crippen LogP contribution in [0, 0.1) is 5.82 Å². The Morgan fingerprint density at radius 2 is 1.84 bits per heavy atom. The van der Waals surface area contributed by atoms with Gasteiger partial charge in [-0.15, -0.1) is 0 Å². The minimum Gasteiger partial charge on any atom is -0.390 e. The van der Waals surface area contributed by atoms with Crippen molar-refractivity contribution in [1.82, 2.24) is 4.90 Å². The quantitative estimate of drug-likeness (QED) is 0.525. The highest BCUT2D eigenvalue weighted by atomic mass is 35.5. The molecular formula is C25H24ClFN2O2. The fourth-order valence-electron chi connectivity index (χ4n) is 3.79. The molecule has 2 atom stereocenters. The van der Waals surface area contributed by atoms with Gasteiger partial charge in [-0.2, -0.15) is 0 Å². The third-order valence-corrected chi connectivity index (χ3v) is 5.53. The number of nitrogens with zero attached hydrogens (tertiary/aromatic N) is 2. The molecule has 0 amide bonds. The smallest absolute Gasteiger partial charge is 0.145 e. The van der Waals surface area contributed by atoms with Gasteiger partial charge in [0.05, 0.1) is 11.8 Å². The molecule has 31 heavy (non-hydrogen) atoms. The molecule has 1 aliphatic heterocycles. The summed E-state index contributed by atoms with van der Waals surface area (Å²) in [5.74, 6) is -0.305. The summed E-state index contributed by atoms with van der Waals surface area (Å²) in [6.45, 7) is 1.56. The molecule has 4 nitrogen and oxygen atoms in total. The number of aliphatic hydroxyl groups is 1. The van der Waals surface area contributed by atoms with E-state index in [1.165, 1.54) is 6.07 Å². The molecule has 0 aliphatic carbocycles. The molecule has 0 bridgehead atoms. The summed E-state index contributed by atoms with van der Waals surface area (Å²) in [7, 11) is 0. The first-order valence-corrected chi connectivity index (χ1v) is 10.6. The molecule has 160 valence electrons. The fourth-order valence-corrected chi connectivity index (χ4v) is 4.00. The van der Waals surface area contributed by atoms with Crippen LogP contribution in [-0.2, 0) is 11.4 Å². The highest BCUT2D eigenvalue weighted by Crippen LogP contribution is 2.23. The fraction of sp³-hybridized carbons (Fsp3) is 0.240.